The van der Waals surface area contributed by atoms with Gasteiger partial charge in [0.1, 0.15) is 0 Å². The van der Waals surface area contributed by atoms with E-state index in [1.807, 2.05) is 18.2 Å². The van der Waals surface area contributed by atoms with Crippen LogP contribution in [0.5, 0.6) is 0 Å². The van der Waals surface area contributed by atoms with Gasteiger partial charge in [-0.1, -0.05) is 55.0 Å². The number of para-hydroxylation sites is 1. The number of hydrogen-bond acceptors (Lipinski definition) is 3. The third-order valence-corrected chi connectivity index (χ3v) is 4.35. The molecule has 2 N–H and O–H groups in total. The lowest BCUT2D eigenvalue weighted by Crippen LogP contribution is -2.49. The highest BCUT2D eigenvalue weighted by atomic mass is 15.4. The average molecular weight is 279 g/mol. The molecule has 0 fully saturated rings. The predicted molar refractivity (Wildman–Crippen MR) is 88.6 cm³/mol. The lowest BCUT2D eigenvalue weighted by molar-refractivity contribution is 0.461. The normalized spacial score (nSPS) is 21.4. The van der Waals surface area contributed by atoms with Crippen molar-refractivity contribution >= 4 is 11.6 Å². The van der Waals surface area contributed by atoms with Crippen molar-refractivity contribution in [2.45, 2.75) is 25.8 Å². The Balaban J connectivity index is 2.11. The monoisotopic (exact) mass is 279 g/mol. The minimum atomic E-state index is -0.181. The average Bonchev–Trinajstić information content (AvgIpc) is 2.87. The Morgan fingerprint density at radius 2 is 1.76 bits per heavy atom. The van der Waals surface area contributed by atoms with Gasteiger partial charge in [0, 0.05) is 5.69 Å². The molecule has 1 aliphatic heterocycles. The lowest BCUT2D eigenvalue weighted by Gasteiger charge is -2.39. The first-order valence-corrected chi connectivity index (χ1v) is 7.40. The van der Waals surface area contributed by atoms with E-state index in [4.69, 9.17) is 5.73 Å². The highest BCUT2D eigenvalue weighted by molar-refractivity contribution is 5.98. The Hall–Kier alpha value is -2.29. The molecule has 3 heteroatoms. The summed E-state index contributed by atoms with van der Waals surface area (Å²) < 4.78 is 0. The molecule has 3 rings (SSSR count). The topological polar surface area (TPSA) is 41.6 Å². The van der Waals surface area contributed by atoms with Gasteiger partial charge in [-0.2, -0.15) is 0 Å². The molecule has 1 atom stereocenters. The fraction of sp³-hybridized carbons (Fsp3) is 0.278. The van der Waals surface area contributed by atoms with Gasteiger partial charge in [0.25, 0.3) is 0 Å². The zero-order valence-electron chi connectivity index (χ0n) is 12.6. The molecule has 1 heterocycles. The van der Waals surface area contributed by atoms with E-state index in [0.717, 1.165) is 12.1 Å². The SMILES string of the molecule is CCC1(c2ccc(C)cc2)CN=C(N)N1c1ccccc1. The van der Waals surface area contributed by atoms with Crippen molar-refractivity contribution in [3.8, 4) is 0 Å². The molecule has 0 aromatic heterocycles. The van der Waals surface area contributed by atoms with Crippen LogP contribution in [0.25, 0.3) is 0 Å². The Bertz CT molecular complexity index is 646. The molecule has 0 radical (unpaired) electrons. The van der Waals surface area contributed by atoms with Gasteiger partial charge >= 0.3 is 0 Å². The fourth-order valence-electron chi connectivity index (χ4n) is 3.09. The van der Waals surface area contributed by atoms with E-state index < -0.39 is 0 Å². The number of aryl methyl sites for hydroxylation is 1. The maximum atomic E-state index is 6.21. The van der Waals surface area contributed by atoms with Gasteiger partial charge in [0.15, 0.2) is 5.96 Å². The van der Waals surface area contributed by atoms with E-state index in [-0.39, 0.29) is 5.54 Å². The molecular formula is C18H21N3. The lowest BCUT2D eigenvalue weighted by atomic mass is 9.85. The summed E-state index contributed by atoms with van der Waals surface area (Å²) in [7, 11) is 0. The van der Waals surface area contributed by atoms with Crippen LogP contribution in [-0.2, 0) is 5.54 Å². The Kier molecular flexibility index (Phi) is 3.42. The molecule has 108 valence electrons. The van der Waals surface area contributed by atoms with E-state index in [9.17, 15) is 0 Å². The first kappa shape index (κ1) is 13.7. The largest absolute Gasteiger partial charge is 0.369 e. The van der Waals surface area contributed by atoms with Gasteiger partial charge in [0.05, 0.1) is 12.1 Å². The number of hydrogen-bond donors (Lipinski definition) is 1. The van der Waals surface area contributed by atoms with Crippen LogP contribution in [0.4, 0.5) is 5.69 Å². The maximum absolute atomic E-state index is 6.21. The number of anilines is 1. The summed E-state index contributed by atoms with van der Waals surface area (Å²) in [5.41, 5.74) is 9.65. The van der Waals surface area contributed by atoms with Crippen molar-refractivity contribution in [1.82, 2.24) is 0 Å². The van der Waals surface area contributed by atoms with Crippen LogP contribution in [0, 0.1) is 6.92 Å². The summed E-state index contributed by atoms with van der Waals surface area (Å²) >= 11 is 0. The fourth-order valence-corrected chi connectivity index (χ4v) is 3.09. The van der Waals surface area contributed by atoms with Crippen LogP contribution in [0.3, 0.4) is 0 Å². The second kappa shape index (κ2) is 5.24. The van der Waals surface area contributed by atoms with E-state index in [1.54, 1.807) is 0 Å². The summed E-state index contributed by atoms with van der Waals surface area (Å²) in [5, 5.41) is 0. The van der Waals surface area contributed by atoms with E-state index in [1.165, 1.54) is 11.1 Å². The molecule has 0 amide bonds. The number of nitrogens with two attached hydrogens (primary N) is 1. The summed E-state index contributed by atoms with van der Waals surface area (Å²) in [6.07, 6.45) is 0.954. The number of benzene rings is 2. The molecular weight excluding hydrogens is 258 g/mol. The molecule has 0 saturated heterocycles. The van der Waals surface area contributed by atoms with Gasteiger partial charge in [-0.05, 0) is 31.0 Å². The minimum Gasteiger partial charge on any atom is -0.369 e. The summed E-state index contributed by atoms with van der Waals surface area (Å²) in [6, 6.07) is 19.0. The standard InChI is InChI=1S/C18H21N3/c1-3-18(15-11-9-14(2)10-12-15)13-20-17(19)21(18)16-7-5-4-6-8-16/h4-12H,3,13H2,1-2H3,(H2,19,20). The van der Waals surface area contributed by atoms with Crippen molar-refractivity contribution in [1.29, 1.82) is 0 Å². The molecule has 2 aromatic carbocycles. The number of nitrogens with zero attached hydrogens (tertiary/aromatic N) is 2. The van der Waals surface area contributed by atoms with E-state index in [0.29, 0.717) is 12.5 Å². The number of aliphatic imine (C=N–C) groups is 1. The second-order valence-corrected chi connectivity index (χ2v) is 5.60. The van der Waals surface area contributed by atoms with Gasteiger partial charge in [-0.25, -0.2) is 0 Å². The highest BCUT2D eigenvalue weighted by Crippen LogP contribution is 2.39. The van der Waals surface area contributed by atoms with Crippen molar-refractivity contribution < 1.29 is 0 Å². The van der Waals surface area contributed by atoms with Crippen LogP contribution < -0.4 is 10.6 Å². The summed E-state index contributed by atoms with van der Waals surface area (Å²) in [6.45, 7) is 5.01. The third-order valence-electron chi connectivity index (χ3n) is 4.35. The Labute approximate surface area is 126 Å². The zero-order valence-corrected chi connectivity index (χ0v) is 12.6. The molecule has 0 aliphatic carbocycles. The molecule has 1 aliphatic rings. The third kappa shape index (κ3) is 2.19. The number of rotatable bonds is 3. The number of guanidine groups is 1. The van der Waals surface area contributed by atoms with Crippen molar-refractivity contribution in [2.24, 2.45) is 10.7 Å². The van der Waals surface area contributed by atoms with Crippen LogP contribution in [-0.4, -0.2) is 12.5 Å². The molecule has 0 bridgehead atoms. The van der Waals surface area contributed by atoms with E-state index in [2.05, 4.69) is 60.1 Å². The predicted octanol–water partition coefficient (Wildman–Crippen LogP) is 3.44. The van der Waals surface area contributed by atoms with Crippen molar-refractivity contribution in [3.63, 3.8) is 0 Å². The Morgan fingerprint density at radius 3 is 2.38 bits per heavy atom. The van der Waals surface area contributed by atoms with E-state index >= 15 is 0 Å². The highest BCUT2D eigenvalue weighted by Gasteiger charge is 2.43. The molecule has 21 heavy (non-hydrogen) atoms. The smallest absolute Gasteiger partial charge is 0.196 e. The maximum Gasteiger partial charge on any atom is 0.196 e. The van der Waals surface area contributed by atoms with Crippen LogP contribution in [0.15, 0.2) is 59.6 Å². The second-order valence-electron chi connectivity index (χ2n) is 5.60. The van der Waals surface area contributed by atoms with Crippen LogP contribution in [0.2, 0.25) is 0 Å². The van der Waals surface area contributed by atoms with Gasteiger partial charge in [0.2, 0.25) is 0 Å². The molecule has 3 nitrogen and oxygen atoms in total. The van der Waals surface area contributed by atoms with Crippen LogP contribution in [0.1, 0.15) is 24.5 Å². The summed E-state index contributed by atoms with van der Waals surface area (Å²) in [4.78, 5) is 6.72. The van der Waals surface area contributed by atoms with Crippen LogP contribution >= 0.6 is 0 Å². The zero-order chi connectivity index (χ0) is 14.9. The molecule has 0 saturated carbocycles. The Morgan fingerprint density at radius 1 is 1.10 bits per heavy atom. The van der Waals surface area contributed by atoms with Crippen molar-refractivity contribution in [2.75, 3.05) is 11.4 Å². The summed E-state index contributed by atoms with van der Waals surface area (Å²) in [5.74, 6) is 0.601. The minimum absolute atomic E-state index is 0.181. The van der Waals surface area contributed by atoms with Gasteiger partial charge < -0.3 is 10.6 Å². The molecule has 1 unspecified atom stereocenters. The quantitative estimate of drug-likeness (QED) is 0.935. The van der Waals surface area contributed by atoms with Gasteiger partial charge in [-0.3, -0.25) is 4.99 Å². The first-order valence-electron chi connectivity index (χ1n) is 7.40. The van der Waals surface area contributed by atoms with Gasteiger partial charge in [-0.15, -0.1) is 0 Å². The van der Waals surface area contributed by atoms with Crippen molar-refractivity contribution in [3.05, 3.63) is 65.7 Å². The first-order chi connectivity index (χ1) is 10.2. The molecule has 2 aromatic rings. The molecule has 0 spiro atoms.